The molecular weight excluding hydrogens is 282 g/mol. The topological polar surface area (TPSA) is 44.5 Å². The van der Waals surface area contributed by atoms with Gasteiger partial charge >= 0.3 is 0 Å². The molecule has 2 N–H and O–H groups in total. The summed E-state index contributed by atoms with van der Waals surface area (Å²) in [4.78, 5) is 0. The van der Waals surface area contributed by atoms with Crippen molar-refractivity contribution in [3.8, 4) is 5.75 Å². The van der Waals surface area contributed by atoms with Gasteiger partial charge < -0.3 is 15.2 Å². The van der Waals surface area contributed by atoms with Crippen molar-refractivity contribution in [1.29, 1.82) is 0 Å². The van der Waals surface area contributed by atoms with Crippen LogP contribution in [0.5, 0.6) is 5.75 Å². The maximum Gasteiger partial charge on any atom is 0.119 e. The molecule has 0 bridgehead atoms. The van der Waals surface area contributed by atoms with Crippen LogP contribution in [-0.2, 0) is 11.2 Å². The van der Waals surface area contributed by atoms with Gasteiger partial charge in [-0.05, 0) is 43.5 Å². The molecule has 0 spiro atoms. The monoisotopic (exact) mass is 301 g/mol. The normalized spacial score (nSPS) is 14.4. The van der Waals surface area contributed by atoms with E-state index in [2.05, 4.69) is 15.9 Å². The fourth-order valence-corrected chi connectivity index (χ4v) is 2.06. The Labute approximate surface area is 111 Å². The van der Waals surface area contributed by atoms with E-state index in [0.717, 1.165) is 28.6 Å². The molecule has 3 nitrogen and oxygen atoms in total. The van der Waals surface area contributed by atoms with Crippen molar-refractivity contribution >= 4 is 15.9 Å². The molecule has 1 atom stereocenters. The van der Waals surface area contributed by atoms with Crippen molar-refractivity contribution in [3.05, 3.63) is 28.2 Å². The largest absolute Gasteiger partial charge is 0.497 e. The Morgan fingerprint density at radius 1 is 1.35 bits per heavy atom. The molecule has 0 aliphatic rings. The molecule has 1 rings (SSSR count). The fourth-order valence-electron chi connectivity index (χ4n) is 1.67. The van der Waals surface area contributed by atoms with Gasteiger partial charge in [-0.3, -0.25) is 0 Å². The van der Waals surface area contributed by atoms with Crippen LogP contribution >= 0.6 is 15.9 Å². The Kier molecular flexibility index (Phi) is 5.43. The van der Waals surface area contributed by atoms with Gasteiger partial charge in [0.05, 0.1) is 7.11 Å². The molecule has 0 amide bonds. The molecule has 0 aromatic heterocycles. The van der Waals surface area contributed by atoms with Crippen molar-refractivity contribution in [2.75, 3.05) is 20.8 Å². The minimum Gasteiger partial charge on any atom is -0.497 e. The van der Waals surface area contributed by atoms with Gasteiger partial charge in [0.25, 0.3) is 0 Å². The van der Waals surface area contributed by atoms with E-state index in [-0.39, 0.29) is 5.54 Å². The van der Waals surface area contributed by atoms with E-state index >= 15 is 0 Å². The lowest BCUT2D eigenvalue weighted by molar-refractivity contribution is 0.171. The van der Waals surface area contributed by atoms with Crippen LogP contribution < -0.4 is 10.5 Å². The van der Waals surface area contributed by atoms with Crippen molar-refractivity contribution < 1.29 is 9.47 Å². The lowest BCUT2D eigenvalue weighted by Gasteiger charge is -2.25. The number of hydrogen-bond acceptors (Lipinski definition) is 3. The van der Waals surface area contributed by atoms with E-state index in [0.29, 0.717) is 6.61 Å². The first kappa shape index (κ1) is 14.5. The lowest BCUT2D eigenvalue weighted by atomic mass is 9.91. The average molecular weight is 302 g/mol. The van der Waals surface area contributed by atoms with Gasteiger partial charge in [-0.15, -0.1) is 0 Å². The van der Waals surface area contributed by atoms with Gasteiger partial charge in [0, 0.05) is 23.7 Å². The van der Waals surface area contributed by atoms with E-state index in [1.54, 1.807) is 14.2 Å². The van der Waals surface area contributed by atoms with Gasteiger partial charge in [-0.1, -0.05) is 15.9 Å². The fraction of sp³-hybridized carbons (Fsp3) is 0.538. The highest BCUT2D eigenvalue weighted by Gasteiger charge is 2.20. The maximum atomic E-state index is 6.25. The predicted molar refractivity (Wildman–Crippen MR) is 73.5 cm³/mol. The third-order valence-corrected chi connectivity index (χ3v) is 3.50. The third kappa shape index (κ3) is 4.66. The Morgan fingerprint density at radius 3 is 2.65 bits per heavy atom. The minimum atomic E-state index is -0.273. The summed E-state index contributed by atoms with van der Waals surface area (Å²) in [5, 5.41) is 0. The predicted octanol–water partition coefficient (Wildman–Crippen LogP) is 2.75. The van der Waals surface area contributed by atoms with E-state index in [4.69, 9.17) is 15.2 Å². The van der Waals surface area contributed by atoms with Gasteiger partial charge in [0.15, 0.2) is 0 Å². The second-order valence-electron chi connectivity index (χ2n) is 4.53. The standard InChI is InChI=1S/C13H20BrNO2/c1-13(15,6-7-16-2)9-10-8-11(17-3)4-5-12(10)14/h4-5,8H,6-7,9,15H2,1-3H3. The molecule has 96 valence electrons. The van der Waals surface area contributed by atoms with Crippen LogP contribution in [0.4, 0.5) is 0 Å². The lowest BCUT2D eigenvalue weighted by Crippen LogP contribution is -2.39. The number of rotatable bonds is 6. The number of halogens is 1. The van der Waals surface area contributed by atoms with E-state index in [9.17, 15) is 0 Å². The average Bonchev–Trinajstić information content (AvgIpc) is 2.29. The molecule has 0 fully saturated rings. The molecule has 0 heterocycles. The maximum absolute atomic E-state index is 6.25. The molecule has 1 aromatic carbocycles. The van der Waals surface area contributed by atoms with Crippen LogP contribution in [0, 0.1) is 0 Å². The quantitative estimate of drug-likeness (QED) is 0.879. The zero-order valence-electron chi connectivity index (χ0n) is 10.6. The summed E-state index contributed by atoms with van der Waals surface area (Å²) in [6.45, 7) is 2.71. The Bertz CT molecular complexity index is 366. The first-order valence-electron chi connectivity index (χ1n) is 5.59. The molecule has 1 unspecified atom stereocenters. The summed E-state index contributed by atoms with van der Waals surface area (Å²) in [5.74, 6) is 0.853. The molecule has 0 aliphatic heterocycles. The van der Waals surface area contributed by atoms with Crippen molar-refractivity contribution in [1.82, 2.24) is 0 Å². The van der Waals surface area contributed by atoms with Crippen LogP contribution in [0.25, 0.3) is 0 Å². The SMILES string of the molecule is COCCC(C)(N)Cc1cc(OC)ccc1Br. The van der Waals surface area contributed by atoms with Crippen LogP contribution in [0.3, 0.4) is 0 Å². The second-order valence-corrected chi connectivity index (χ2v) is 5.39. The number of hydrogen-bond donors (Lipinski definition) is 1. The van der Waals surface area contributed by atoms with E-state index in [1.807, 2.05) is 25.1 Å². The highest BCUT2D eigenvalue weighted by molar-refractivity contribution is 9.10. The van der Waals surface area contributed by atoms with Gasteiger partial charge in [-0.25, -0.2) is 0 Å². The van der Waals surface area contributed by atoms with Crippen LogP contribution in [0.2, 0.25) is 0 Å². The molecule has 0 aliphatic carbocycles. The van der Waals surface area contributed by atoms with Gasteiger partial charge in [-0.2, -0.15) is 0 Å². The molecule has 17 heavy (non-hydrogen) atoms. The smallest absolute Gasteiger partial charge is 0.119 e. The summed E-state index contributed by atoms with van der Waals surface area (Å²) < 4.78 is 11.4. The number of methoxy groups -OCH3 is 2. The van der Waals surface area contributed by atoms with Crippen molar-refractivity contribution in [2.24, 2.45) is 5.73 Å². The van der Waals surface area contributed by atoms with Crippen molar-refractivity contribution in [2.45, 2.75) is 25.3 Å². The van der Waals surface area contributed by atoms with Crippen LogP contribution in [-0.4, -0.2) is 26.4 Å². The molecule has 0 saturated carbocycles. The third-order valence-electron chi connectivity index (χ3n) is 2.72. The van der Waals surface area contributed by atoms with Gasteiger partial charge in [0.2, 0.25) is 0 Å². The van der Waals surface area contributed by atoms with Crippen LogP contribution in [0.15, 0.2) is 22.7 Å². The molecule has 4 heteroatoms. The van der Waals surface area contributed by atoms with E-state index in [1.165, 1.54) is 0 Å². The van der Waals surface area contributed by atoms with Gasteiger partial charge in [0.1, 0.15) is 5.75 Å². The Morgan fingerprint density at radius 2 is 2.06 bits per heavy atom. The number of benzene rings is 1. The van der Waals surface area contributed by atoms with Crippen LogP contribution in [0.1, 0.15) is 18.9 Å². The minimum absolute atomic E-state index is 0.273. The number of ether oxygens (including phenoxy) is 2. The summed E-state index contributed by atoms with van der Waals surface area (Å²) >= 11 is 3.54. The second kappa shape index (κ2) is 6.38. The summed E-state index contributed by atoms with van der Waals surface area (Å²) in [5.41, 5.74) is 7.14. The zero-order chi connectivity index (χ0) is 12.9. The zero-order valence-corrected chi connectivity index (χ0v) is 12.2. The Hall–Kier alpha value is -0.580. The first-order valence-corrected chi connectivity index (χ1v) is 6.38. The highest BCUT2D eigenvalue weighted by atomic mass is 79.9. The summed E-state index contributed by atoms with van der Waals surface area (Å²) in [7, 11) is 3.36. The first-order chi connectivity index (χ1) is 7.98. The Balaban J connectivity index is 2.78. The molecule has 0 saturated heterocycles. The molecule has 0 radical (unpaired) electrons. The molecule has 1 aromatic rings. The van der Waals surface area contributed by atoms with E-state index < -0.39 is 0 Å². The summed E-state index contributed by atoms with van der Waals surface area (Å²) in [6.07, 6.45) is 1.61. The molecular formula is C13H20BrNO2. The highest BCUT2D eigenvalue weighted by Crippen LogP contribution is 2.26. The van der Waals surface area contributed by atoms with Crippen molar-refractivity contribution in [3.63, 3.8) is 0 Å². The summed E-state index contributed by atoms with van der Waals surface area (Å²) in [6, 6.07) is 5.93. The number of nitrogens with two attached hydrogens (primary N) is 1.